The van der Waals surface area contributed by atoms with Gasteiger partial charge in [-0.25, -0.2) is 8.42 Å². The number of benzene rings is 2. The Kier molecular flexibility index (Phi) is 8.77. The lowest BCUT2D eigenvalue weighted by Gasteiger charge is -2.22. The van der Waals surface area contributed by atoms with Crippen molar-refractivity contribution in [2.45, 2.75) is 5.75 Å². The summed E-state index contributed by atoms with van der Waals surface area (Å²) in [5, 5.41) is 4.17. The van der Waals surface area contributed by atoms with Crippen LogP contribution in [0.4, 0.5) is 5.69 Å². The fourth-order valence-corrected chi connectivity index (χ4v) is 4.88. The first-order chi connectivity index (χ1) is 13.2. The Bertz CT molecular complexity index is 939. The van der Waals surface area contributed by atoms with Crippen LogP contribution in [0, 0.1) is 0 Å². The zero-order valence-corrected chi connectivity index (χ0v) is 18.9. The van der Waals surface area contributed by atoms with E-state index < -0.39 is 15.9 Å². The molecule has 2 aromatic rings. The van der Waals surface area contributed by atoms with Crippen molar-refractivity contribution in [3.05, 3.63) is 63.1 Å². The molecule has 1 amide bonds. The molecule has 152 valence electrons. The summed E-state index contributed by atoms with van der Waals surface area (Å²) in [6.07, 6.45) is 1.04. The minimum absolute atomic E-state index is 0.260. The quantitative estimate of drug-likeness (QED) is 0.537. The van der Waals surface area contributed by atoms with Crippen LogP contribution in [-0.4, -0.2) is 39.4 Å². The van der Waals surface area contributed by atoms with E-state index in [1.54, 1.807) is 48.2 Å². The van der Waals surface area contributed by atoms with Crippen LogP contribution in [-0.2, 0) is 20.6 Å². The highest BCUT2D eigenvalue weighted by Gasteiger charge is 2.22. The van der Waals surface area contributed by atoms with Crippen molar-refractivity contribution in [3.63, 3.8) is 0 Å². The topological polar surface area (TPSA) is 66.5 Å². The summed E-state index contributed by atoms with van der Waals surface area (Å²) < 4.78 is 25.1. The van der Waals surface area contributed by atoms with Gasteiger partial charge in [0.15, 0.2) is 0 Å². The zero-order valence-electron chi connectivity index (χ0n) is 15.0. The molecule has 2 aromatic carbocycles. The van der Waals surface area contributed by atoms with E-state index in [4.69, 9.17) is 34.8 Å². The zero-order chi connectivity index (χ0) is 20.7. The number of hydrogen-bond acceptors (Lipinski definition) is 4. The standard InChI is InChI=1S/C18H19Cl3N2O3S2/c1-28(25,26)23(17-5-3-2-4-15(17)20)11-18(24)22-8-9-27-12-13-6-7-14(19)10-16(13)21/h2-7,10H,8-9,11-12H2,1H3,(H,22,24). The van der Waals surface area contributed by atoms with Gasteiger partial charge in [0.1, 0.15) is 6.54 Å². The maximum atomic E-state index is 12.2. The van der Waals surface area contributed by atoms with Crippen LogP contribution < -0.4 is 9.62 Å². The van der Waals surface area contributed by atoms with Crippen LogP contribution in [0.25, 0.3) is 0 Å². The molecule has 0 saturated heterocycles. The summed E-state index contributed by atoms with van der Waals surface area (Å²) in [6, 6.07) is 11.8. The molecule has 0 spiro atoms. The minimum atomic E-state index is -3.66. The number of sulfonamides is 1. The predicted molar refractivity (Wildman–Crippen MR) is 119 cm³/mol. The molecule has 0 saturated carbocycles. The van der Waals surface area contributed by atoms with E-state index in [2.05, 4.69) is 5.32 Å². The number of thioether (sulfide) groups is 1. The summed E-state index contributed by atoms with van der Waals surface area (Å²) in [5.74, 6) is 0.923. The van der Waals surface area contributed by atoms with E-state index in [9.17, 15) is 13.2 Å². The fourth-order valence-electron chi connectivity index (χ4n) is 2.30. The van der Waals surface area contributed by atoms with Gasteiger partial charge in [0.2, 0.25) is 15.9 Å². The van der Waals surface area contributed by atoms with Crippen LogP contribution in [0.15, 0.2) is 42.5 Å². The van der Waals surface area contributed by atoms with Gasteiger partial charge in [-0.1, -0.05) is 53.0 Å². The van der Waals surface area contributed by atoms with Gasteiger partial charge in [-0.05, 0) is 29.8 Å². The highest BCUT2D eigenvalue weighted by molar-refractivity contribution is 7.98. The molecule has 5 nitrogen and oxygen atoms in total. The smallest absolute Gasteiger partial charge is 0.240 e. The fraction of sp³-hybridized carbons (Fsp3) is 0.278. The predicted octanol–water partition coefficient (Wildman–Crippen LogP) is 4.46. The third-order valence-corrected chi connectivity index (χ3v) is 6.69. The summed E-state index contributed by atoms with van der Waals surface area (Å²) in [4.78, 5) is 12.2. The van der Waals surface area contributed by atoms with Gasteiger partial charge in [0.05, 0.1) is 17.0 Å². The van der Waals surface area contributed by atoms with E-state index in [1.807, 2.05) is 6.07 Å². The van der Waals surface area contributed by atoms with E-state index >= 15 is 0 Å². The number of carbonyl (C=O) groups is 1. The molecule has 0 radical (unpaired) electrons. The van der Waals surface area contributed by atoms with Gasteiger partial charge >= 0.3 is 0 Å². The molecule has 10 heteroatoms. The molecule has 1 N–H and O–H groups in total. The van der Waals surface area contributed by atoms with Crippen LogP contribution >= 0.6 is 46.6 Å². The highest BCUT2D eigenvalue weighted by atomic mass is 35.5. The second-order valence-electron chi connectivity index (χ2n) is 5.86. The lowest BCUT2D eigenvalue weighted by molar-refractivity contribution is -0.119. The Morgan fingerprint density at radius 1 is 1.11 bits per heavy atom. The molecule has 0 aliphatic rings. The molecule has 0 fully saturated rings. The van der Waals surface area contributed by atoms with Crippen molar-refractivity contribution < 1.29 is 13.2 Å². The molecular formula is C18H19Cl3N2O3S2. The van der Waals surface area contributed by atoms with Crippen molar-refractivity contribution in [2.24, 2.45) is 0 Å². The number of anilines is 1. The SMILES string of the molecule is CS(=O)(=O)N(CC(=O)NCCSCc1ccc(Cl)cc1Cl)c1ccccc1Cl. The van der Waals surface area contributed by atoms with Crippen LogP contribution in [0.2, 0.25) is 15.1 Å². The number of carbonyl (C=O) groups excluding carboxylic acids is 1. The molecule has 28 heavy (non-hydrogen) atoms. The monoisotopic (exact) mass is 480 g/mol. The molecule has 0 heterocycles. The van der Waals surface area contributed by atoms with E-state index in [1.165, 1.54) is 0 Å². The normalized spacial score (nSPS) is 11.3. The first kappa shape index (κ1) is 23.2. The summed E-state index contributed by atoms with van der Waals surface area (Å²) in [5.41, 5.74) is 1.23. The van der Waals surface area contributed by atoms with E-state index in [0.717, 1.165) is 16.1 Å². The van der Waals surface area contributed by atoms with E-state index in [-0.39, 0.29) is 17.3 Å². The average Bonchev–Trinajstić information content (AvgIpc) is 2.61. The number of halogens is 3. The second-order valence-corrected chi connectivity index (χ2v) is 10.1. The molecule has 0 aromatic heterocycles. The highest BCUT2D eigenvalue weighted by Crippen LogP contribution is 2.27. The van der Waals surface area contributed by atoms with Gasteiger partial charge in [-0.3, -0.25) is 9.10 Å². The second kappa shape index (κ2) is 10.6. The Labute approximate surface area is 184 Å². The lowest BCUT2D eigenvalue weighted by atomic mass is 10.2. The largest absolute Gasteiger partial charge is 0.354 e. The first-order valence-corrected chi connectivity index (χ1v) is 12.3. The van der Waals surface area contributed by atoms with E-state index in [0.29, 0.717) is 28.1 Å². The molecular weight excluding hydrogens is 463 g/mol. The number of amides is 1. The number of para-hydroxylation sites is 1. The third kappa shape index (κ3) is 7.04. The molecule has 0 aliphatic carbocycles. The minimum Gasteiger partial charge on any atom is -0.354 e. The van der Waals surface area contributed by atoms with Crippen LogP contribution in [0.5, 0.6) is 0 Å². The van der Waals surface area contributed by atoms with Crippen molar-refractivity contribution in [2.75, 3.05) is 29.4 Å². The van der Waals surface area contributed by atoms with Gasteiger partial charge in [-0.2, -0.15) is 11.8 Å². The Balaban J connectivity index is 1.84. The molecule has 0 bridgehead atoms. The van der Waals surface area contributed by atoms with Crippen LogP contribution in [0.1, 0.15) is 5.56 Å². The van der Waals surface area contributed by atoms with Gasteiger partial charge in [0.25, 0.3) is 0 Å². The molecule has 0 unspecified atom stereocenters. The average molecular weight is 482 g/mol. The molecule has 0 atom stereocenters. The Hall–Kier alpha value is -1.12. The number of hydrogen-bond donors (Lipinski definition) is 1. The van der Waals surface area contributed by atoms with Crippen molar-refractivity contribution in [1.29, 1.82) is 0 Å². The number of nitrogens with one attached hydrogen (secondary N) is 1. The Morgan fingerprint density at radius 3 is 2.46 bits per heavy atom. The summed E-state index contributed by atoms with van der Waals surface area (Å²) >= 11 is 19.7. The lowest BCUT2D eigenvalue weighted by Crippen LogP contribution is -2.41. The van der Waals surface area contributed by atoms with Crippen molar-refractivity contribution in [3.8, 4) is 0 Å². The summed E-state index contributed by atoms with van der Waals surface area (Å²) in [6.45, 7) is 0.0606. The number of nitrogens with zero attached hydrogens (tertiary/aromatic N) is 1. The van der Waals surface area contributed by atoms with Gasteiger partial charge in [0, 0.05) is 28.1 Å². The van der Waals surface area contributed by atoms with Crippen molar-refractivity contribution in [1.82, 2.24) is 5.32 Å². The van der Waals surface area contributed by atoms with Crippen molar-refractivity contribution >= 4 is 68.2 Å². The molecule has 0 aliphatic heterocycles. The van der Waals surface area contributed by atoms with Crippen LogP contribution in [0.3, 0.4) is 0 Å². The summed E-state index contributed by atoms with van der Waals surface area (Å²) in [7, 11) is -3.66. The maximum absolute atomic E-state index is 12.2. The maximum Gasteiger partial charge on any atom is 0.240 e. The van der Waals surface area contributed by atoms with Gasteiger partial charge in [-0.15, -0.1) is 0 Å². The van der Waals surface area contributed by atoms with Gasteiger partial charge < -0.3 is 5.32 Å². The Morgan fingerprint density at radius 2 is 1.82 bits per heavy atom. The first-order valence-electron chi connectivity index (χ1n) is 8.19. The number of rotatable bonds is 9. The third-order valence-electron chi connectivity index (χ3n) is 3.65. The molecule has 2 rings (SSSR count).